The lowest BCUT2D eigenvalue weighted by Gasteiger charge is -2.10. The highest BCUT2D eigenvalue weighted by molar-refractivity contribution is 8.00. The maximum absolute atomic E-state index is 12.4. The Kier molecular flexibility index (Phi) is 7.61. The minimum atomic E-state index is -0.261. The lowest BCUT2D eigenvalue weighted by molar-refractivity contribution is -0.117. The first kappa shape index (κ1) is 23.5. The number of nitrogens with zero attached hydrogens (tertiary/aromatic N) is 2. The number of thioether (sulfide) groups is 1. The van der Waals surface area contributed by atoms with Crippen LogP contribution >= 0.6 is 23.4 Å². The Morgan fingerprint density at radius 2 is 1.71 bits per heavy atom. The fourth-order valence-electron chi connectivity index (χ4n) is 3.27. The Morgan fingerprint density at radius 3 is 2.47 bits per heavy atom. The molecule has 172 valence electrons. The van der Waals surface area contributed by atoms with Gasteiger partial charge in [0, 0.05) is 15.6 Å². The van der Waals surface area contributed by atoms with Gasteiger partial charge in [0.15, 0.2) is 0 Å². The van der Waals surface area contributed by atoms with Crippen LogP contribution in [0.25, 0.3) is 0 Å². The standard InChI is InChI=1S/C25H21ClN4O3S/c26-18-11-9-17(10-12-18)13-23(31)27-19-5-4-8-21(14-19)34-16-24(32)28-22-15-25(33)30(29-22)20-6-2-1-3-7-20/h1-12,14H,13,15-16H2,(H,27,31)(H,28,29,32). The molecule has 1 heterocycles. The number of carbonyl (C=O) groups is 3. The third kappa shape index (κ3) is 6.46. The number of amides is 3. The van der Waals surface area contributed by atoms with E-state index >= 15 is 0 Å². The number of halogens is 1. The van der Waals surface area contributed by atoms with Crippen LogP contribution in [0.5, 0.6) is 0 Å². The van der Waals surface area contributed by atoms with Crippen LogP contribution in [0, 0.1) is 0 Å². The van der Waals surface area contributed by atoms with Crippen LogP contribution in [0.1, 0.15) is 12.0 Å². The predicted molar refractivity (Wildman–Crippen MR) is 135 cm³/mol. The molecule has 34 heavy (non-hydrogen) atoms. The van der Waals surface area contributed by atoms with Gasteiger partial charge in [0.25, 0.3) is 5.91 Å². The van der Waals surface area contributed by atoms with Gasteiger partial charge >= 0.3 is 0 Å². The maximum atomic E-state index is 12.4. The van der Waals surface area contributed by atoms with Crippen LogP contribution in [-0.4, -0.2) is 29.3 Å². The van der Waals surface area contributed by atoms with Crippen molar-refractivity contribution in [1.82, 2.24) is 5.32 Å². The van der Waals surface area contributed by atoms with Crippen LogP contribution in [-0.2, 0) is 20.8 Å². The first-order valence-electron chi connectivity index (χ1n) is 10.5. The first-order chi connectivity index (χ1) is 16.5. The lowest BCUT2D eigenvalue weighted by atomic mass is 10.1. The molecule has 4 rings (SSSR count). The summed E-state index contributed by atoms with van der Waals surface area (Å²) in [5.74, 6) is -0.141. The molecule has 3 aromatic carbocycles. The molecule has 0 radical (unpaired) electrons. The second-order valence-corrected chi connectivity index (χ2v) is 8.97. The SMILES string of the molecule is O=C(CSc1cccc(NC(=O)Cc2ccc(Cl)cc2)c1)NC1=NN(c2ccccc2)C(=O)C1. The molecule has 0 saturated carbocycles. The van der Waals surface area contributed by atoms with Gasteiger partial charge in [-0.3, -0.25) is 14.4 Å². The quantitative estimate of drug-likeness (QED) is 0.476. The third-order valence-electron chi connectivity index (χ3n) is 4.83. The Hall–Kier alpha value is -3.62. The van der Waals surface area contributed by atoms with Crippen LogP contribution in [0.15, 0.2) is 88.9 Å². The molecule has 0 fully saturated rings. The minimum absolute atomic E-state index is 0.0421. The first-order valence-corrected chi connectivity index (χ1v) is 11.8. The highest BCUT2D eigenvalue weighted by Crippen LogP contribution is 2.23. The van der Waals surface area contributed by atoms with Gasteiger partial charge in [0.2, 0.25) is 11.8 Å². The molecule has 9 heteroatoms. The molecule has 0 saturated heterocycles. The van der Waals surface area contributed by atoms with E-state index in [1.165, 1.54) is 16.8 Å². The Balaban J connectivity index is 1.28. The normalized spacial score (nSPS) is 12.9. The highest BCUT2D eigenvalue weighted by Gasteiger charge is 2.26. The second kappa shape index (κ2) is 11.0. The fraction of sp³-hybridized carbons (Fsp3) is 0.120. The van der Waals surface area contributed by atoms with Gasteiger partial charge in [-0.1, -0.05) is 48.0 Å². The number of hydrazone groups is 1. The van der Waals surface area contributed by atoms with Crippen molar-refractivity contribution in [3.8, 4) is 0 Å². The van der Waals surface area contributed by atoms with Gasteiger partial charge in [-0.25, -0.2) is 0 Å². The van der Waals surface area contributed by atoms with E-state index in [1.807, 2.05) is 48.5 Å². The summed E-state index contributed by atoms with van der Waals surface area (Å²) in [7, 11) is 0. The molecule has 0 bridgehead atoms. The number of nitrogens with one attached hydrogen (secondary N) is 2. The van der Waals surface area contributed by atoms with Crippen molar-refractivity contribution in [2.75, 3.05) is 16.1 Å². The van der Waals surface area contributed by atoms with Gasteiger partial charge in [-0.2, -0.15) is 10.1 Å². The number of para-hydroxylation sites is 1. The number of anilines is 2. The van der Waals surface area contributed by atoms with E-state index < -0.39 is 0 Å². The van der Waals surface area contributed by atoms with Gasteiger partial charge < -0.3 is 10.6 Å². The van der Waals surface area contributed by atoms with Gasteiger partial charge in [0.05, 0.1) is 24.3 Å². The molecule has 0 aliphatic carbocycles. The van der Waals surface area contributed by atoms with Crippen LogP contribution in [0.3, 0.4) is 0 Å². The van der Waals surface area contributed by atoms with Crippen molar-refractivity contribution in [3.05, 3.63) is 89.4 Å². The Bertz CT molecular complexity index is 1230. The molecule has 7 nitrogen and oxygen atoms in total. The molecular weight excluding hydrogens is 472 g/mol. The van der Waals surface area contributed by atoms with Crippen molar-refractivity contribution >= 4 is 58.3 Å². The Morgan fingerprint density at radius 1 is 0.941 bits per heavy atom. The summed E-state index contributed by atoms with van der Waals surface area (Å²) in [6, 6.07) is 23.5. The predicted octanol–water partition coefficient (Wildman–Crippen LogP) is 4.48. The number of hydrogen-bond acceptors (Lipinski definition) is 5. The molecule has 3 amide bonds. The molecule has 0 unspecified atom stereocenters. The lowest BCUT2D eigenvalue weighted by Crippen LogP contribution is -2.31. The van der Waals surface area contributed by atoms with Gasteiger partial charge in [-0.15, -0.1) is 11.8 Å². The number of carbonyl (C=O) groups excluding carboxylic acids is 3. The number of amidine groups is 1. The molecule has 1 aliphatic heterocycles. The summed E-state index contributed by atoms with van der Waals surface area (Å²) in [4.78, 5) is 37.8. The van der Waals surface area contributed by atoms with Crippen LogP contribution in [0.2, 0.25) is 5.02 Å². The van der Waals surface area contributed by atoms with E-state index in [1.54, 1.807) is 30.3 Å². The zero-order valence-corrected chi connectivity index (χ0v) is 19.6. The fourth-order valence-corrected chi connectivity index (χ4v) is 4.15. The van der Waals surface area contributed by atoms with E-state index in [0.717, 1.165) is 10.5 Å². The molecule has 3 aromatic rings. The zero-order valence-electron chi connectivity index (χ0n) is 18.0. The van der Waals surface area contributed by atoms with E-state index in [-0.39, 0.29) is 36.3 Å². The number of hydrogen-bond donors (Lipinski definition) is 2. The van der Waals surface area contributed by atoms with Crippen molar-refractivity contribution in [2.24, 2.45) is 5.10 Å². The maximum Gasteiger partial charge on any atom is 0.255 e. The minimum Gasteiger partial charge on any atom is -0.326 e. The van der Waals surface area contributed by atoms with Crippen LogP contribution in [0.4, 0.5) is 11.4 Å². The van der Waals surface area contributed by atoms with Gasteiger partial charge in [-0.05, 0) is 48.0 Å². The van der Waals surface area contributed by atoms with E-state index in [4.69, 9.17) is 11.6 Å². The number of benzene rings is 3. The van der Waals surface area contributed by atoms with Crippen molar-refractivity contribution in [1.29, 1.82) is 0 Å². The van der Waals surface area contributed by atoms with Crippen molar-refractivity contribution in [2.45, 2.75) is 17.7 Å². The molecule has 0 aromatic heterocycles. The Labute approximate surface area is 206 Å². The van der Waals surface area contributed by atoms with Crippen LogP contribution < -0.4 is 15.6 Å². The zero-order chi connectivity index (χ0) is 23.9. The smallest absolute Gasteiger partial charge is 0.255 e. The summed E-state index contributed by atoms with van der Waals surface area (Å²) < 4.78 is 0. The summed E-state index contributed by atoms with van der Waals surface area (Å²) in [6.45, 7) is 0. The van der Waals surface area contributed by atoms with E-state index in [9.17, 15) is 14.4 Å². The summed E-state index contributed by atoms with van der Waals surface area (Å²) >= 11 is 7.20. The second-order valence-electron chi connectivity index (χ2n) is 7.48. The molecule has 1 aliphatic rings. The molecule has 0 spiro atoms. The largest absolute Gasteiger partial charge is 0.326 e. The average molecular weight is 493 g/mol. The third-order valence-corrected chi connectivity index (χ3v) is 6.07. The summed E-state index contributed by atoms with van der Waals surface area (Å²) in [6.07, 6.45) is 0.276. The van der Waals surface area contributed by atoms with E-state index in [0.29, 0.717) is 22.2 Å². The highest BCUT2D eigenvalue weighted by atomic mass is 35.5. The summed E-state index contributed by atoms with van der Waals surface area (Å²) in [5.41, 5.74) is 2.16. The van der Waals surface area contributed by atoms with E-state index in [2.05, 4.69) is 15.7 Å². The average Bonchev–Trinajstić information content (AvgIpc) is 3.19. The molecule has 2 N–H and O–H groups in total. The number of rotatable bonds is 7. The van der Waals surface area contributed by atoms with Gasteiger partial charge in [0.1, 0.15) is 5.84 Å². The molecule has 0 atom stereocenters. The summed E-state index contributed by atoms with van der Waals surface area (Å²) in [5, 5.41) is 11.7. The van der Waals surface area contributed by atoms with Crippen molar-refractivity contribution in [3.63, 3.8) is 0 Å². The topological polar surface area (TPSA) is 90.9 Å². The molecular formula is C25H21ClN4O3S. The monoisotopic (exact) mass is 492 g/mol. The van der Waals surface area contributed by atoms with Crippen molar-refractivity contribution < 1.29 is 14.4 Å².